The first kappa shape index (κ1) is 19.8. The van der Waals surface area contributed by atoms with Crippen molar-refractivity contribution in [2.45, 2.75) is 32.9 Å². The van der Waals surface area contributed by atoms with Gasteiger partial charge in [0.2, 0.25) is 6.54 Å². The Balaban J connectivity index is 1.66. The van der Waals surface area contributed by atoms with Gasteiger partial charge in [0.05, 0.1) is 18.9 Å². The first-order valence-electron chi connectivity index (χ1n) is 10.1. The van der Waals surface area contributed by atoms with E-state index in [1.54, 1.807) is 12.1 Å². The van der Waals surface area contributed by atoms with Crippen molar-refractivity contribution < 1.29 is 14.1 Å². The van der Waals surface area contributed by atoms with E-state index >= 15 is 0 Å². The van der Waals surface area contributed by atoms with Crippen LogP contribution in [0.2, 0.25) is 0 Å². The molecule has 1 amide bonds. The maximum absolute atomic E-state index is 13.3. The molecule has 0 spiro atoms. The molecule has 4 rings (SSSR count). The molecule has 0 aliphatic carbocycles. The summed E-state index contributed by atoms with van der Waals surface area (Å²) >= 11 is 0. The number of hydrazone groups is 1. The SMILES string of the molecule is COc1ccc([C@H]2CC(c3ccccc3)=NN2C(=O)C[n+]2cccc(C)c2C)cc1. The molecule has 1 aliphatic heterocycles. The van der Waals surface area contributed by atoms with Gasteiger partial charge in [0, 0.05) is 25.0 Å². The highest BCUT2D eigenvalue weighted by Gasteiger charge is 2.34. The van der Waals surface area contributed by atoms with Crippen molar-refractivity contribution in [3.8, 4) is 5.75 Å². The standard InChI is InChI=1S/C25H26N3O2/c1-18-8-7-15-27(19(18)2)17-25(29)28-24(21-11-13-22(30-3)14-12-21)16-23(26-28)20-9-5-4-6-10-20/h4-15,24H,16-17H2,1-3H3/q+1/t24-/m1/s1. The van der Waals surface area contributed by atoms with Gasteiger partial charge in [-0.25, -0.2) is 5.01 Å². The third kappa shape index (κ3) is 3.96. The maximum Gasteiger partial charge on any atom is 0.309 e. The molecule has 5 heteroatoms. The van der Waals surface area contributed by atoms with Crippen LogP contribution < -0.4 is 9.30 Å². The lowest BCUT2D eigenvalue weighted by Gasteiger charge is -2.21. The Morgan fingerprint density at radius 1 is 1.07 bits per heavy atom. The normalized spacial score (nSPS) is 15.8. The third-order valence-electron chi connectivity index (χ3n) is 5.69. The van der Waals surface area contributed by atoms with Gasteiger partial charge in [0.15, 0.2) is 11.9 Å². The molecule has 3 aromatic rings. The van der Waals surface area contributed by atoms with Crippen molar-refractivity contribution in [2.24, 2.45) is 5.10 Å². The molecule has 1 atom stereocenters. The van der Waals surface area contributed by atoms with Gasteiger partial charge in [-0.1, -0.05) is 42.5 Å². The Hall–Kier alpha value is -3.47. The summed E-state index contributed by atoms with van der Waals surface area (Å²) in [7, 11) is 1.65. The third-order valence-corrected chi connectivity index (χ3v) is 5.69. The number of pyridine rings is 1. The molecule has 0 radical (unpaired) electrons. The van der Waals surface area contributed by atoms with E-state index in [0.29, 0.717) is 6.42 Å². The highest BCUT2D eigenvalue weighted by Crippen LogP contribution is 2.33. The summed E-state index contributed by atoms with van der Waals surface area (Å²) in [5.74, 6) is 0.769. The van der Waals surface area contributed by atoms with Crippen LogP contribution in [0.25, 0.3) is 0 Å². The monoisotopic (exact) mass is 400 g/mol. The quantitative estimate of drug-likeness (QED) is 0.608. The first-order valence-corrected chi connectivity index (χ1v) is 10.1. The second-order valence-corrected chi connectivity index (χ2v) is 7.55. The van der Waals surface area contributed by atoms with Crippen LogP contribution >= 0.6 is 0 Å². The fourth-order valence-electron chi connectivity index (χ4n) is 3.77. The predicted molar refractivity (Wildman–Crippen MR) is 116 cm³/mol. The molecule has 2 heterocycles. The van der Waals surface area contributed by atoms with Gasteiger partial charge < -0.3 is 4.74 Å². The molecule has 1 aromatic heterocycles. The summed E-state index contributed by atoms with van der Waals surface area (Å²) in [5.41, 5.74) is 5.26. The lowest BCUT2D eigenvalue weighted by Crippen LogP contribution is -2.45. The minimum Gasteiger partial charge on any atom is -0.497 e. The average molecular weight is 401 g/mol. The lowest BCUT2D eigenvalue weighted by atomic mass is 9.98. The molecule has 1 aliphatic rings. The minimum absolute atomic E-state index is 0.0274. The predicted octanol–water partition coefficient (Wildman–Crippen LogP) is 3.98. The van der Waals surface area contributed by atoms with Crippen molar-refractivity contribution in [1.29, 1.82) is 0 Å². The lowest BCUT2D eigenvalue weighted by molar-refractivity contribution is -0.691. The second-order valence-electron chi connectivity index (χ2n) is 7.55. The highest BCUT2D eigenvalue weighted by molar-refractivity contribution is 6.03. The number of aromatic nitrogens is 1. The summed E-state index contributed by atoms with van der Waals surface area (Å²) in [6, 6.07) is 21.8. The van der Waals surface area contributed by atoms with E-state index in [9.17, 15) is 4.79 Å². The Bertz CT molecular complexity index is 1080. The molecule has 152 valence electrons. The van der Waals surface area contributed by atoms with Crippen LogP contribution in [0.1, 0.15) is 34.8 Å². The Morgan fingerprint density at radius 3 is 2.50 bits per heavy atom. The molecule has 0 unspecified atom stereocenters. The highest BCUT2D eigenvalue weighted by atomic mass is 16.5. The number of rotatable bonds is 5. The van der Waals surface area contributed by atoms with Crippen molar-refractivity contribution in [3.05, 3.63) is 95.3 Å². The van der Waals surface area contributed by atoms with Gasteiger partial charge >= 0.3 is 5.91 Å². The number of aryl methyl sites for hydroxylation is 1. The molecule has 0 fully saturated rings. The maximum atomic E-state index is 13.3. The first-order chi connectivity index (χ1) is 14.6. The van der Waals surface area contributed by atoms with E-state index in [4.69, 9.17) is 9.84 Å². The van der Waals surface area contributed by atoms with Crippen LogP contribution in [0, 0.1) is 13.8 Å². The number of amides is 1. The minimum atomic E-state index is -0.135. The summed E-state index contributed by atoms with van der Waals surface area (Å²) in [4.78, 5) is 13.3. The Labute approximate surface area is 177 Å². The van der Waals surface area contributed by atoms with E-state index in [1.807, 2.05) is 78.4 Å². The number of nitrogens with zero attached hydrogens (tertiary/aromatic N) is 3. The van der Waals surface area contributed by atoms with E-state index in [1.165, 1.54) is 0 Å². The van der Waals surface area contributed by atoms with Crippen molar-refractivity contribution >= 4 is 11.6 Å². The van der Waals surface area contributed by atoms with Gasteiger partial charge in [-0.2, -0.15) is 9.67 Å². The topological polar surface area (TPSA) is 45.8 Å². The molecule has 2 aromatic carbocycles. The van der Waals surface area contributed by atoms with Crippen molar-refractivity contribution in [1.82, 2.24) is 5.01 Å². The van der Waals surface area contributed by atoms with Crippen LogP contribution in [0.4, 0.5) is 0 Å². The van der Waals surface area contributed by atoms with Crippen LogP contribution in [0.5, 0.6) is 5.75 Å². The molecular formula is C25H26N3O2+. The zero-order chi connectivity index (χ0) is 21.1. The smallest absolute Gasteiger partial charge is 0.309 e. The molecule has 0 N–H and O–H groups in total. The number of carbonyl (C=O) groups is 1. The van der Waals surface area contributed by atoms with Crippen LogP contribution in [0.15, 0.2) is 78.0 Å². The largest absolute Gasteiger partial charge is 0.497 e. The number of methoxy groups -OCH3 is 1. The van der Waals surface area contributed by atoms with Gasteiger partial charge in [0.25, 0.3) is 0 Å². The Kier molecular flexibility index (Phi) is 5.61. The van der Waals surface area contributed by atoms with Crippen LogP contribution in [0.3, 0.4) is 0 Å². The van der Waals surface area contributed by atoms with E-state index in [2.05, 4.69) is 13.0 Å². The van der Waals surface area contributed by atoms with E-state index in [-0.39, 0.29) is 18.5 Å². The number of hydrogen-bond acceptors (Lipinski definition) is 3. The molecular weight excluding hydrogens is 374 g/mol. The number of hydrogen-bond donors (Lipinski definition) is 0. The summed E-state index contributed by atoms with van der Waals surface area (Å²) in [6.07, 6.45) is 2.63. The molecule has 5 nitrogen and oxygen atoms in total. The van der Waals surface area contributed by atoms with Gasteiger partial charge in [-0.3, -0.25) is 4.79 Å². The van der Waals surface area contributed by atoms with Gasteiger partial charge in [-0.15, -0.1) is 0 Å². The van der Waals surface area contributed by atoms with Crippen LogP contribution in [-0.2, 0) is 11.3 Å². The fourth-order valence-corrected chi connectivity index (χ4v) is 3.77. The number of ether oxygens (including phenoxy) is 1. The number of carbonyl (C=O) groups excluding carboxylic acids is 1. The molecule has 0 bridgehead atoms. The summed E-state index contributed by atoms with van der Waals surface area (Å²) < 4.78 is 7.27. The fraction of sp³-hybridized carbons (Fsp3) is 0.240. The van der Waals surface area contributed by atoms with Crippen molar-refractivity contribution in [3.63, 3.8) is 0 Å². The van der Waals surface area contributed by atoms with E-state index < -0.39 is 0 Å². The summed E-state index contributed by atoms with van der Waals surface area (Å²) in [5, 5.41) is 6.41. The second kappa shape index (κ2) is 8.49. The number of benzene rings is 2. The molecule has 0 saturated heterocycles. The molecule has 0 saturated carbocycles. The van der Waals surface area contributed by atoms with Gasteiger partial charge in [0.1, 0.15) is 5.75 Å². The van der Waals surface area contributed by atoms with E-state index in [0.717, 1.165) is 33.8 Å². The van der Waals surface area contributed by atoms with Crippen LogP contribution in [-0.4, -0.2) is 23.7 Å². The summed E-state index contributed by atoms with van der Waals surface area (Å²) in [6.45, 7) is 4.34. The zero-order valence-electron chi connectivity index (χ0n) is 17.6. The molecule has 30 heavy (non-hydrogen) atoms. The Morgan fingerprint density at radius 2 is 1.80 bits per heavy atom. The zero-order valence-corrected chi connectivity index (χ0v) is 17.6. The van der Waals surface area contributed by atoms with Crippen molar-refractivity contribution in [2.75, 3.05) is 7.11 Å². The van der Waals surface area contributed by atoms with Gasteiger partial charge in [-0.05, 0) is 36.2 Å². The average Bonchev–Trinajstić information content (AvgIpc) is 3.23.